The van der Waals surface area contributed by atoms with Gasteiger partial charge in [-0.15, -0.1) is 0 Å². The number of furan rings is 1. The van der Waals surface area contributed by atoms with Gasteiger partial charge in [-0.05, 0) is 67.4 Å². The Morgan fingerprint density at radius 2 is 1.68 bits per heavy atom. The minimum atomic E-state index is -0.226. The van der Waals surface area contributed by atoms with Crippen LogP contribution in [0.25, 0.3) is 0 Å². The molecular weight excluding hydrogens is 337 g/mol. The molecule has 0 amide bonds. The van der Waals surface area contributed by atoms with Crippen molar-refractivity contribution in [2.45, 2.75) is 25.3 Å². The molecule has 0 aliphatic carbocycles. The highest BCUT2D eigenvalue weighted by Crippen LogP contribution is 2.28. The summed E-state index contributed by atoms with van der Waals surface area (Å²) in [5, 5.41) is 4.27. The maximum atomic E-state index is 13.2. The van der Waals surface area contributed by atoms with Gasteiger partial charge >= 0.3 is 0 Å². The van der Waals surface area contributed by atoms with Gasteiger partial charge in [0.1, 0.15) is 11.6 Å². The number of nitrogens with one attached hydrogen (secondary N) is 1. The van der Waals surface area contributed by atoms with E-state index < -0.39 is 0 Å². The molecule has 0 saturated carbocycles. The molecule has 1 aromatic heterocycles. The van der Waals surface area contributed by atoms with Crippen molar-refractivity contribution in [3.63, 3.8) is 0 Å². The van der Waals surface area contributed by atoms with E-state index >= 15 is 0 Å². The second kappa shape index (κ2) is 8.32. The summed E-state index contributed by atoms with van der Waals surface area (Å²) in [5.41, 5.74) is 2.25. The largest absolute Gasteiger partial charge is 0.469 e. The lowest BCUT2D eigenvalue weighted by molar-refractivity contribution is 0.457. The van der Waals surface area contributed by atoms with Crippen LogP contribution in [-0.2, 0) is 0 Å². The van der Waals surface area contributed by atoms with Crippen LogP contribution >= 0.6 is 11.6 Å². The summed E-state index contributed by atoms with van der Waals surface area (Å²) in [5.74, 6) is 0.768. The number of hydrogen-bond acceptors (Lipinski definition) is 2. The van der Waals surface area contributed by atoms with Gasteiger partial charge in [0.15, 0.2) is 0 Å². The summed E-state index contributed by atoms with van der Waals surface area (Å²) in [6.45, 7) is 2.94. The van der Waals surface area contributed by atoms with Crippen LogP contribution in [0.4, 0.5) is 4.39 Å². The summed E-state index contributed by atoms with van der Waals surface area (Å²) >= 11 is 5.94. The maximum Gasteiger partial charge on any atom is 0.123 e. The Balaban J connectivity index is 1.65. The van der Waals surface area contributed by atoms with E-state index in [9.17, 15) is 4.39 Å². The van der Waals surface area contributed by atoms with Gasteiger partial charge in [-0.25, -0.2) is 4.39 Å². The van der Waals surface area contributed by atoms with Crippen molar-refractivity contribution in [2.75, 3.05) is 6.54 Å². The summed E-state index contributed by atoms with van der Waals surface area (Å²) in [4.78, 5) is 0. The predicted octanol–water partition coefficient (Wildman–Crippen LogP) is 5.94. The fourth-order valence-corrected chi connectivity index (χ4v) is 3.10. The molecule has 1 heterocycles. The van der Waals surface area contributed by atoms with E-state index in [4.69, 9.17) is 16.0 Å². The van der Waals surface area contributed by atoms with Gasteiger partial charge in [0.2, 0.25) is 0 Å². The van der Waals surface area contributed by atoms with E-state index in [0.717, 1.165) is 29.3 Å². The van der Waals surface area contributed by atoms with Crippen molar-refractivity contribution in [3.05, 3.63) is 94.7 Å². The number of rotatable bonds is 7. The van der Waals surface area contributed by atoms with Crippen molar-refractivity contribution in [1.82, 2.24) is 5.32 Å². The van der Waals surface area contributed by atoms with Crippen LogP contribution in [0, 0.1) is 5.82 Å². The predicted molar refractivity (Wildman–Crippen MR) is 99.4 cm³/mol. The summed E-state index contributed by atoms with van der Waals surface area (Å²) in [7, 11) is 0. The Morgan fingerprint density at radius 3 is 2.32 bits per heavy atom. The molecule has 0 saturated heterocycles. The maximum absolute atomic E-state index is 13.2. The molecule has 1 N–H and O–H groups in total. The van der Waals surface area contributed by atoms with Crippen molar-refractivity contribution >= 4 is 11.6 Å². The third kappa shape index (κ3) is 4.71. The molecule has 0 spiro atoms. The Hall–Kier alpha value is -2.10. The lowest BCUT2D eigenvalue weighted by Gasteiger charge is -2.19. The zero-order valence-corrected chi connectivity index (χ0v) is 14.8. The van der Waals surface area contributed by atoms with Gasteiger partial charge in [0.25, 0.3) is 0 Å². The van der Waals surface area contributed by atoms with Gasteiger partial charge < -0.3 is 9.73 Å². The van der Waals surface area contributed by atoms with Crippen LogP contribution in [0.1, 0.15) is 42.2 Å². The van der Waals surface area contributed by atoms with Crippen molar-refractivity contribution in [2.24, 2.45) is 0 Å². The van der Waals surface area contributed by atoms with Crippen LogP contribution < -0.4 is 5.32 Å². The van der Waals surface area contributed by atoms with Gasteiger partial charge in [-0.3, -0.25) is 0 Å². The lowest BCUT2D eigenvalue weighted by Crippen LogP contribution is -2.21. The molecule has 3 rings (SSSR count). The smallest absolute Gasteiger partial charge is 0.123 e. The second-order valence-corrected chi connectivity index (χ2v) is 6.57. The first-order chi connectivity index (χ1) is 12.1. The highest BCUT2D eigenvalue weighted by Gasteiger charge is 2.17. The van der Waals surface area contributed by atoms with E-state index in [1.807, 2.05) is 48.5 Å². The topological polar surface area (TPSA) is 25.2 Å². The molecule has 2 aromatic carbocycles. The van der Waals surface area contributed by atoms with Gasteiger partial charge in [0.05, 0.1) is 6.26 Å². The Morgan fingerprint density at radius 1 is 1.00 bits per heavy atom. The fourth-order valence-electron chi connectivity index (χ4n) is 2.97. The molecule has 2 atom stereocenters. The minimum Gasteiger partial charge on any atom is -0.469 e. The molecule has 0 aliphatic rings. The highest BCUT2D eigenvalue weighted by atomic mass is 35.5. The third-order valence-electron chi connectivity index (χ3n) is 4.41. The monoisotopic (exact) mass is 357 g/mol. The van der Waals surface area contributed by atoms with E-state index in [0.29, 0.717) is 0 Å². The summed E-state index contributed by atoms with van der Waals surface area (Å²) in [6, 6.07) is 18.6. The molecule has 0 aliphatic heterocycles. The molecule has 130 valence electrons. The van der Waals surface area contributed by atoms with Gasteiger partial charge in [-0.1, -0.05) is 35.9 Å². The van der Waals surface area contributed by atoms with E-state index in [-0.39, 0.29) is 17.8 Å². The zero-order valence-electron chi connectivity index (χ0n) is 14.1. The van der Waals surface area contributed by atoms with Crippen LogP contribution in [0.5, 0.6) is 0 Å². The second-order valence-electron chi connectivity index (χ2n) is 6.14. The Bertz CT molecular complexity index is 769. The number of hydrogen-bond donors (Lipinski definition) is 1. The average Bonchev–Trinajstić information content (AvgIpc) is 3.14. The highest BCUT2D eigenvalue weighted by molar-refractivity contribution is 6.30. The zero-order chi connectivity index (χ0) is 17.6. The average molecular weight is 358 g/mol. The standard InChI is InChI=1S/C21H21ClFNO/c1-15(16-4-8-18(22)9-5-16)24-13-12-20(21-3-2-14-25-21)17-6-10-19(23)11-7-17/h2-11,14-15,20,24H,12-13H2,1H3/t15-,20-/m1/s1. The minimum absolute atomic E-state index is 0.0977. The quantitative estimate of drug-likeness (QED) is 0.565. The molecule has 0 radical (unpaired) electrons. The van der Waals surface area contributed by atoms with Crippen LogP contribution in [0.15, 0.2) is 71.3 Å². The molecule has 0 bridgehead atoms. The fraction of sp³-hybridized carbons (Fsp3) is 0.238. The van der Waals surface area contributed by atoms with Gasteiger partial charge in [0, 0.05) is 17.0 Å². The number of halogens is 2. The third-order valence-corrected chi connectivity index (χ3v) is 4.66. The van der Waals surface area contributed by atoms with Crippen molar-refractivity contribution < 1.29 is 8.81 Å². The van der Waals surface area contributed by atoms with Crippen LogP contribution in [-0.4, -0.2) is 6.54 Å². The van der Waals surface area contributed by atoms with E-state index in [1.165, 1.54) is 17.7 Å². The van der Waals surface area contributed by atoms with E-state index in [1.54, 1.807) is 6.26 Å². The molecule has 0 unspecified atom stereocenters. The lowest BCUT2D eigenvalue weighted by atomic mass is 9.93. The Kier molecular flexibility index (Phi) is 5.90. The first-order valence-electron chi connectivity index (χ1n) is 8.41. The van der Waals surface area contributed by atoms with Crippen LogP contribution in [0.3, 0.4) is 0 Å². The normalized spacial score (nSPS) is 13.6. The van der Waals surface area contributed by atoms with Crippen molar-refractivity contribution in [3.8, 4) is 0 Å². The Labute approximate surface area is 152 Å². The number of benzene rings is 2. The van der Waals surface area contributed by atoms with Gasteiger partial charge in [-0.2, -0.15) is 0 Å². The molecule has 25 heavy (non-hydrogen) atoms. The summed E-state index contributed by atoms with van der Waals surface area (Å²) < 4.78 is 18.8. The van der Waals surface area contributed by atoms with Crippen molar-refractivity contribution in [1.29, 1.82) is 0 Å². The first-order valence-corrected chi connectivity index (χ1v) is 8.79. The van der Waals surface area contributed by atoms with E-state index in [2.05, 4.69) is 12.2 Å². The molecular formula is C21H21ClFNO. The molecule has 4 heteroatoms. The summed E-state index contributed by atoms with van der Waals surface area (Å²) in [6.07, 6.45) is 2.53. The first kappa shape index (κ1) is 17.7. The molecule has 0 fully saturated rings. The molecule has 2 nitrogen and oxygen atoms in total. The van der Waals surface area contributed by atoms with Crippen LogP contribution in [0.2, 0.25) is 5.02 Å². The molecule has 3 aromatic rings. The SMILES string of the molecule is C[C@@H](NCC[C@H](c1ccc(F)cc1)c1ccco1)c1ccc(Cl)cc1.